The van der Waals surface area contributed by atoms with Gasteiger partial charge in [0.2, 0.25) is 0 Å². The Labute approximate surface area is 71.2 Å². The van der Waals surface area contributed by atoms with Crippen LogP contribution in [0.5, 0.6) is 5.75 Å². The molecule has 0 aliphatic carbocycles. The van der Waals surface area contributed by atoms with Crippen LogP contribution in [0, 0.1) is 0 Å². The molecule has 0 fully saturated rings. The van der Waals surface area contributed by atoms with Crippen LogP contribution in [0.15, 0.2) is 24.3 Å². The average Bonchev–Trinajstić information content (AvgIpc) is 1.88. The second-order valence-corrected chi connectivity index (χ2v) is 1.79. The Kier molecular flexibility index (Phi) is 4.30. The number of hydrogen-bond acceptors (Lipinski definition) is 3. The van der Waals surface area contributed by atoms with Gasteiger partial charge in [0.15, 0.2) is 0 Å². The molecule has 0 aliphatic heterocycles. The van der Waals surface area contributed by atoms with E-state index in [0.29, 0.717) is 18.8 Å². The summed E-state index contributed by atoms with van der Waals surface area (Å²) in [5.41, 5.74) is 5.98. The van der Waals surface area contributed by atoms with Gasteiger partial charge in [-0.3, -0.25) is 0 Å². The van der Waals surface area contributed by atoms with Gasteiger partial charge in [-0.1, -0.05) is 0 Å². The maximum atomic E-state index is 9.82. The van der Waals surface area contributed by atoms with Crippen molar-refractivity contribution < 1.29 is 9.36 Å². The molecule has 0 heterocycles. The first-order chi connectivity index (χ1) is 4.83. The molecular weight excluding hydrogens is 164 g/mol. The molecule has 0 aromatic heterocycles. The maximum absolute atomic E-state index is 9.82. The van der Waals surface area contributed by atoms with Crippen molar-refractivity contribution >= 4 is 25.4 Å². The average molecular weight is 171 g/mol. The molecule has 2 N–H and O–H groups in total. The van der Waals surface area contributed by atoms with Gasteiger partial charge in [0.1, 0.15) is 0 Å². The quantitative estimate of drug-likeness (QED) is 0.534. The van der Waals surface area contributed by atoms with Crippen molar-refractivity contribution in [2.45, 2.75) is 0 Å². The Morgan fingerprint density at radius 1 is 1.45 bits per heavy atom. The van der Waals surface area contributed by atoms with Gasteiger partial charge in [-0.25, -0.2) is 0 Å². The van der Waals surface area contributed by atoms with Crippen LogP contribution in [0.25, 0.3) is 0 Å². The van der Waals surface area contributed by atoms with E-state index in [2.05, 4.69) is 4.65 Å². The van der Waals surface area contributed by atoms with Gasteiger partial charge in [-0.2, -0.15) is 0 Å². The Bertz CT molecular complexity index is 244. The van der Waals surface area contributed by atoms with Crippen LogP contribution in [-0.4, -0.2) is 7.35 Å². The Hall–Kier alpha value is -1.03. The molecule has 0 atom stereocenters. The van der Waals surface area contributed by atoms with Crippen molar-refractivity contribution in [3.05, 3.63) is 24.3 Å². The van der Waals surface area contributed by atoms with E-state index in [-0.39, 0.29) is 12.4 Å². The summed E-state index contributed by atoms with van der Waals surface area (Å²) in [5.74, 6) is 0.468. The van der Waals surface area contributed by atoms with Gasteiger partial charge >= 0.3 is 58.1 Å². The zero-order valence-electron chi connectivity index (χ0n) is 5.69. The van der Waals surface area contributed by atoms with Crippen molar-refractivity contribution in [2.75, 3.05) is 5.73 Å². The molecule has 58 valence electrons. The predicted molar refractivity (Wildman–Crippen MR) is 45.2 cm³/mol. The van der Waals surface area contributed by atoms with Crippen LogP contribution in [0.3, 0.4) is 0 Å². The van der Waals surface area contributed by atoms with E-state index in [1.807, 2.05) is 0 Å². The summed E-state index contributed by atoms with van der Waals surface area (Å²) in [6.45, 7) is 0. The van der Waals surface area contributed by atoms with Crippen LogP contribution in [0.2, 0.25) is 0 Å². The van der Waals surface area contributed by atoms with Crippen molar-refractivity contribution in [2.24, 2.45) is 0 Å². The second kappa shape index (κ2) is 4.74. The topological polar surface area (TPSA) is 52.3 Å². The van der Waals surface area contributed by atoms with Crippen molar-refractivity contribution in [3.63, 3.8) is 0 Å². The van der Waals surface area contributed by atoms with E-state index >= 15 is 0 Å². The minimum atomic E-state index is 0. The molecule has 1 aromatic rings. The van der Waals surface area contributed by atoms with E-state index in [1.165, 1.54) is 0 Å². The normalized spacial score (nSPS) is 7.64. The predicted octanol–water partition coefficient (Wildman–Crippen LogP) is 1.03. The molecule has 0 unspecified atom stereocenters. The molecule has 0 amide bonds. The van der Waals surface area contributed by atoms with E-state index in [9.17, 15) is 4.70 Å². The number of benzene rings is 1. The summed E-state index contributed by atoms with van der Waals surface area (Å²) in [5, 5.41) is 0. The number of halogens is 1. The van der Waals surface area contributed by atoms with Gasteiger partial charge in [-0.05, 0) is 0 Å². The van der Waals surface area contributed by atoms with Crippen LogP contribution < -0.4 is 10.4 Å². The Balaban J connectivity index is 0.000001000. The molecule has 1 rings (SSSR count). The number of hydrogen-bond donors (Lipinski definition) is 1. The molecule has 0 saturated carbocycles. The molecular formula is C6H7BClNO2. The van der Waals surface area contributed by atoms with Crippen LogP contribution in [-0.2, 0) is 4.70 Å². The SMILES string of the molecule is Cl.Nc1cccc(OB=O)c1. The van der Waals surface area contributed by atoms with Gasteiger partial charge in [0.25, 0.3) is 0 Å². The van der Waals surface area contributed by atoms with Crippen molar-refractivity contribution in [1.82, 2.24) is 0 Å². The van der Waals surface area contributed by atoms with Gasteiger partial charge in [-0.15, -0.1) is 12.4 Å². The Morgan fingerprint density at radius 2 is 2.18 bits per heavy atom. The molecule has 1 aromatic carbocycles. The number of nitrogens with two attached hydrogens (primary N) is 1. The third kappa shape index (κ3) is 3.04. The second-order valence-electron chi connectivity index (χ2n) is 1.79. The van der Waals surface area contributed by atoms with Gasteiger partial charge in [0, 0.05) is 0 Å². The zero-order chi connectivity index (χ0) is 7.40. The molecule has 11 heavy (non-hydrogen) atoms. The molecule has 0 spiro atoms. The van der Waals surface area contributed by atoms with E-state index in [1.54, 1.807) is 24.3 Å². The van der Waals surface area contributed by atoms with Crippen LogP contribution >= 0.6 is 12.4 Å². The summed E-state index contributed by atoms with van der Waals surface area (Å²) in [7, 11) is 0.370. The third-order valence-electron chi connectivity index (χ3n) is 1.04. The molecule has 0 radical (unpaired) electrons. The van der Waals surface area contributed by atoms with Crippen LogP contribution in [0.1, 0.15) is 0 Å². The zero-order valence-corrected chi connectivity index (χ0v) is 6.51. The fourth-order valence-corrected chi connectivity index (χ4v) is 0.643. The number of nitrogen functional groups attached to an aromatic ring is 1. The van der Waals surface area contributed by atoms with E-state index in [4.69, 9.17) is 5.73 Å². The molecule has 3 nitrogen and oxygen atoms in total. The standard InChI is InChI=1S/C6H6BNO2.ClH/c8-5-2-1-3-6(4-5)10-7-9;/h1-4H,8H2;1H. The summed E-state index contributed by atoms with van der Waals surface area (Å²) >= 11 is 0. The van der Waals surface area contributed by atoms with Gasteiger partial charge in [0.05, 0.1) is 0 Å². The van der Waals surface area contributed by atoms with Crippen LogP contribution in [0.4, 0.5) is 5.69 Å². The molecule has 0 saturated heterocycles. The summed E-state index contributed by atoms with van der Waals surface area (Å²) in [6.07, 6.45) is 0. The first-order valence-corrected chi connectivity index (χ1v) is 2.79. The number of anilines is 1. The first kappa shape index (κ1) is 9.97. The van der Waals surface area contributed by atoms with Crippen molar-refractivity contribution in [1.29, 1.82) is 0 Å². The summed E-state index contributed by atoms with van der Waals surface area (Å²) in [6, 6.07) is 6.67. The van der Waals surface area contributed by atoms with E-state index < -0.39 is 0 Å². The first-order valence-electron chi connectivity index (χ1n) is 2.79. The Morgan fingerprint density at radius 3 is 2.73 bits per heavy atom. The summed E-state index contributed by atoms with van der Waals surface area (Å²) in [4.78, 5) is 0. The number of rotatable bonds is 2. The van der Waals surface area contributed by atoms with Gasteiger partial charge < -0.3 is 0 Å². The minimum absolute atomic E-state index is 0. The molecule has 0 bridgehead atoms. The molecule has 0 aliphatic rings. The third-order valence-corrected chi connectivity index (χ3v) is 1.04. The summed E-state index contributed by atoms with van der Waals surface area (Å²) < 4.78 is 14.3. The molecule has 5 heteroatoms. The fraction of sp³-hybridized carbons (Fsp3) is 0. The monoisotopic (exact) mass is 171 g/mol. The fourth-order valence-electron chi connectivity index (χ4n) is 0.643. The van der Waals surface area contributed by atoms with E-state index in [0.717, 1.165) is 0 Å². The van der Waals surface area contributed by atoms with Crippen molar-refractivity contribution in [3.8, 4) is 5.75 Å².